The molecule has 2 bridgehead atoms. The molecule has 0 unspecified atom stereocenters. The first-order valence-electron chi connectivity index (χ1n) is 9.24. The van der Waals surface area contributed by atoms with Gasteiger partial charge in [-0.15, -0.1) is 0 Å². The van der Waals surface area contributed by atoms with E-state index in [0.29, 0.717) is 5.41 Å². The SMILES string of the molecule is CC12CCCCCCC(N)(CNCCNC1)CNCCNC2. The second-order valence-corrected chi connectivity index (χ2v) is 7.79. The molecule has 0 radical (unpaired) electrons. The molecule has 0 spiro atoms. The van der Waals surface area contributed by atoms with Gasteiger partial charge in [-0.3, -0.25) is 0 Å². The van der Waals surface area contributed by atoms with Crippen molar-refractivity contribution in [1.29, 1.82) is 0 Å². The van der Waals surface area contributed by atoms with Crippen LogP contribution in [0, 0.1) is 5.41 Å². The highest BCUT2D eigenvalue weighted by Gasteiger charge is 2.26. The Kier molecular flexibility index (Phi) is 7.57. The van der Waals surface area contributed by atoms with Crippen molar-refractivity contribution in [1.82, 2.24) is 21.3 Å². The Morgan fingerprint density at radius 3 is 1.64 bits per heavy atom. The van der Waals surface area contributed by atoms with Crippen LogP contribution >= 0.6 is 0 Å². The van der Waals surface area contributed by atoms with Crippen LogP contribution in [0.5, 0.6) is 0 Å². The van der Waals surface area contributed by atoms with Crippen molar-refractivity contribution in [2.24, 2.45) is 11.1 Å². The fraction of sp³-hybridized carbons (Fsp3) is 1.00. The van der Waals surface area contributed by atoms with Gasteiger partial charge >= 0.3 is 0 Å². The summed E-state index contributed by atoms with van der Waals surface area (Å²) in [5.74, 6) is 0. The zero-order valence-corrected chi connectivity index (χ0v) is 14.5. The zero-order valence-electron chi connectivity index (χ0n) is 14.5. The predicted octanol–water partition coefficient (Wildman–Crippen LogP) is 0.416. The quantitative estimate of drug-likeness (QED) is 0.448. The molecule has 3 saturated heterocycles. The normalized spacial score (nSPS) is 37.4. The summed E-state index contributed by atoms with van der Waals surface area (Å²) >= 11 is 0. The van der Waals surface area contributed by atoms with Gasteiger partial charge in [-0.2, -0.15) is 0 Å². The van der Waals surface area contributed by atoms with E-state index < -0.39 is 0 Å². The molecule has 3 fully saturated rings. The first-order valence-corrected chi connectivity index (χ1v) is 9.24. The third-order valence-corrected chi connectivity index (χ3v) is 5.22. The molecule has 3 aliphatic heterocycles. The molecule has 0 saturated carbocycles. The molecule has 0 amide bonds. The fourth-order valence-corrected chi connectivity index (χ4v) is 3.67. The lowest BCUT2D eigenvalue weighted by Gasteiger charge is -2.34. The van der Waals surface area contributed by atoms with Crippen molar-refractivity contribution in [3.05, 3.63) is 0 Å². The molecular weight excluding hydrogens is 274 g/mol. The topological polar surface area (TPSA) is 74.1 Å². The second-order valence-electron chi connectivity index (χ2n) is 7.79. The maximum Gasteiger partial charge on any atom is 0.0407 e. The Morgan fingerprint density at radius 1 is 0.636 bits per heavy atom. The van der Waals surface area contributed by atoms with Crippen molar-refractivity contribution >= 4 is 0 Å². The number of rotatable bonds is 0. The summed E-state index contributed by atoms with van der Waals surface area (Å²) in [7, 11) is 0. The molecule has 0 aromatic carbocycles. The van der Waals surface area contributed by atoms with E-state index in [1.54, 1.807) is 0 Å². The molecule has 130 valence electrons. The van der Waals surface area contributed by atoms with Crippen LogP contribution in [0.2, 0.25) is 0 Å². The first-order chi connectivity index (χ1) is 10.6. The van der Waals surface area contributed by atoms with Crippen molar-refractivity contribution in [2.45, 2.75) is 51.0 Å². The van der Waals surface area contributed by atoms with E-state index in [0.717, 1.165) is 58.8 Å². The Morgan fingerprint density at radius 2 is 1.09 bits per heavy atom. The largest absolute Gasteiger partial charge is 0.323 e. The van der Waals surface area contributed by atoms with Gasteiger partial charge < -0.3 is 27.0 Å². The van der Waals surface area contributed by atoms with Crippen LogP contribution in [0.4, 0.5) is 0 Å². The monoisotopic (exact) mass is 311 g/mol. The summed E-state index contributed by atoms with van der Waals surface area (Å²) in [6.07, 6.45) is 7.68. The summed E-state index contributed by atoms with van der Waals surface area (Å²) in [5, 5.41) is 14.4. The minimum absolute atomic E-state index is 0.108. The van der Waals surface area contributed by atoms with Crippen LogP contribution in [0.25, 0.3) is 0 Å². The summed E-state index contributed by atoms with van der Waals surface area (Å²) in [6.45, 7) is 10.5. The van der Waals surface area contributed by atoms with E-state index in [1.807, 2.05) is 0 Å². The third-order valence-electron chi connectivity index (χ3n) is 5.22. The fourth-order valence-electron chi connectivity index (χ4n) is 3.67. The lowest BCUT2D eigenvalue weighted by atomic mass is 9.83. The van der Waals surface area contributed by atoms with Crippen LogP contribution in [0.1, 0.15) is 45.4 Å². The molecule has 3 rings (SSSR count). The Labute approximate surface area is 136 Å². The molecule has 6 N–H and O–H groups in total. The van der Waals surface area contributed by atoms with Gasteiger partial charge in [0, 0.05) is 57.9 Å². The summed E-state index contributed by atoms with van der Waals surface area (Å²) in [6, 6.07) is 0. The lowest BCUT2D eigenvalue weighted by molar-refractivity contribution is 0.248. The van der Waals surface area contributed by atoms with E-state index >= 15 is 0 Å². The van der Waals surface area contributed by atoms with Crippen molar-refractivity contribution in [3.63, 3.8) is 0 Å². The van der Waals surface area contributed by atoms with E-state index in [1.165, 1.54) is 32.1 Å². The van der Waals surface area contributed by atoms with Crippen LogP contribution in [-0.2, 0) is 0 Å². The molecule has 0 aromatic heterocycles. The summed E-state index contributed by atoms with van der Waals surface area (Å²) < 4.78 is 0. The average Bonchev–Trinajstić information content (AvgIpc) is 2.49. The maximum atomic E-state index is 6.66. The molecule has 0 aromatic rings. The summed E-state index contributed by atoms with van der Waals surface area (Å²) in [5.41, 5.74) is 6.91. The molecule has 0 aliphatic carbocycles. The van der Waals surface area contributed by atoms with Gasteiger partial charge in [-0.05, 0) is 18.3 Å². The van der Waals surface area contributed by atoms with Gasteiger partial charge in [-0.25, -0.2) is 0 Å². The molecule has 5 heteroatoms. The van der Waals surface area contributed by atoms with Crippen molar-refractivity contribution < 1.29 is 0 Å². The number of hydrogen-bond acceptors (Lipinski definition) is 5. The van der Waals surface area contributed by atoms with Gasteiger partial charge in [0.05, 0.1) is 0 Å². The Balaban J connectivity index is 2.03. The third kappa shape index (κ3) is 6.50. The highest BCUT2D eigenvalue weighted by Crippen LogP contribution is 2.24. The smallest absolute Gasteiger partial charge is 0.0407 e. The minimum atomic E-state index is -0.108. The van der Waals surface area contributed by atoms with E-state index in [-0.39, 0.29) is 5.54 Å². The van der Waals surface area contributed by atoms with Crippen LogP contribution in [-0.4, -0.2) is 57.9 Å². The standard InChI is InChI=1S/C17H37N5/c1-16-6-4-2-3-5-7-17(18,14-21-10-8-19-12-16)15-22-11-9-20-13-16/h19-22H,2-15,18H2,1H3. The van der Waals surface area contributed by atoms with Crippen LogP contribution in [0.15, 0.2) is 0 Å². The molecule has 0 atom stereocenters. The van der Waals surface area contributed by atoms with E-state index in [9.17, 15) is 0 Å². The van der Waals surface area contributed by atoms with Crippen molar-refractivity contribution in [3.8, 4) is 0 Å². The van der Waals surface area contributed by atoms with E-state index in [2.05, 4.69) is 28.2 Å². The zero-order chi connectivity index (χ0) is 15.7. The van der Waals surface area contributed by atoms with Gasteiger partial charge in [-0.1, -0.05) is 32.6 Å². The maximum absolute atomic E-state index is 6.66. The highest BCUT2D eigenvalue weighted by molar-refractivity contribution is 4.90. The van der Waals surface area contributed by atoms with Crippen LogP contribution in [0.3, 0.4) is 0 Å². The van der Waals surface area contributed by atoms with Gasteiger partial charge in [0.25, 0.3) is 0 Å². The van der Waals surface area contributed by atoms with Crippen molar-refractivity contribution in [2.75, 3.05) is 52.4 Å². The number of nitrogens with two attached hydrogens (primary N) is 1. The molecule has 5 nitrogen and oxygen atoms in total. The predicted molar refractivity (Wildman–Crippen MR) is 94.2 cm³/mol. The molecule has 3 aliphatic rings. The number of hydrogen-bond donors (Lipinski definition) is 5. The number of fused-ring (bicyclic) bond motifs is 15. The lowest BCUT2D eigenvalue weighted by Crippen LogP contribution is -2.57. The van der Waals surface area contributed by atoms with Gasteiger partial charge in [0.2, 0.25) is 0 Å². The molecule has 3 heterocycles. The molecular formula is C17H37N5. The van der Waals surface area contributed by atoms with Crippen LogP contribution < -0.4 is 27.0 Å². The number of nitrogens with one attached hydrogen (secondary N) is 4. The van der Waals surface area contributed by atoms with E-state index in [4.69, 9.17) is 5.73 Å². The average molecular weight is 312 g/mol. The first kappa shape index (κ1) is 18.1. The second kappa shape index (κ2) is 9.18. The van der Waals surface area contributed by atoms with Gasteiger partial charge in [0.15, 0.2) is 0 Å². The molecule has 22 heavy (non-hydrogen) atoms. The van der Waals surface area contributed by atoms with Gasteiger partial charge in [0.1, 0.15) is 0 Å². The highest BCUT2D eigenvalue weighted by atomic mass is 15.0. The minimum Gasteiger partial charge on any atom is -0.323 e. The Hall–Kier alpha value is -0.200. The summed E-state index contributed by atoms with van der Waals surface area (Å²) in [4.78, 5) is 0. The Bertz CT molecular complexity index is 234.